The van der Waals surface area contributed by atoms with Crippen molar-refractivity contribution in [2.75, 3.05) is 30.8 Å². The maximum atomic E-state index is 9.96. The van der Waals surface area contributed by atoms with Gasteiger partial charge in [0.25, 0.3) is 0 Å². The molecule has 0 amide bonds. The number of nitrogen functional groups attached to an aromatic ring is 1. The molecule has 0 aliphatic carbocycles. The third-order valence-electron chi connectivity index (χ3n) is 5.55. The van der Waals surface area contributed by atoms with Crippen molar-refractivity contribution in [1.82, 2.24) is 9.97 Å². The van der Waals surface area contributed by atoms with E-state index in [1.165, 1.54) is 5.56 Å². The predicted molar refractivity (Wildman–Crippen MR) is 136 cm³/mol. The van der Waals surface area contributed by atoms with Crippen LogP contribution < -0.4 is 15.4 Å². The van der Waals surface area contributed by atoms with Crippen LogP contribution in [-0.4, -0.2) is 40.9 Å². The highest BCUT2D eigenvalue weighted by atomic mass is 16.5. The number of methoxy groups -OCH3 is 1. The summed E-state index contributed by atoms with van der Waals surface area (Å²) in [5, 5.41) is 10.9. The maximum Gasteiger partial charge on any atom is 0.207 e. The van der Waals surface area contributed by atoms with Crippen molar-refractivity contribution in [3.8, 4) is 17.6 Å². The number of aromatic nitrogens is 2. The van der Waals surface area contributed by atoms with E-state index < -0.39 is 5.60 Å². The minimum absolute atomic E-state index is 0.404. The van der Waals surface area contributed by atoms with Crippen molar-refractivity contribution in [3.05, 3.63) is 53.9 Å². The second-order valence-electron chi connectivity index (χ2n) is 8.46. The average molecular weight is 447 g/mol. The number of hydrogen-bond acceptors (Lipinski definition) is 6. The molecule has 1 aliphatic rings. The standard InChI is InChI=1S/C25H28N4O2.C2H6/c1-25(2,30)13-10-23-27-21-9-8-18(26)16-20(21)24(28-23)29-14-11-17(12-15-29)19-6-4-5-7-22(19)31-3;1-2/h4-9,16-17,30H,11-12,14-15,26H2,1-3H3;1-2H3. The molecule has 0 saturated carbocycles. The summed E-state index contributed by atoms with van der Waals surface area (Å²) in [7, 11) is 1.72. The second kappa shape index (κ2) is 10.5. The van der Waals surface area contributed by atoms with E-state index in [4.69, 9.17) is 15.5 Å². The van der Waals surface area contributed by atoms with Crippen LogP contribution in [0.2, 0.25) is 0 Å². The normalized spacial score (nSPS) is 14.2. The van der Waals surface area contributed by atoms with Gasteiger partial charge in [0.2, 0.25) is 5.82 Å². The van der Waals surface area contributed by atoms with Gasteiger partial charge in [-0.15, -0.1) is 0 Å². The monoisotopic (exact) mass is 446 g/mol. The number of piperidine rings is 1. The molecule has 6 heteroatoms. The number of fused-ring (bicyclic) bond motifs is 1. The summed E-state index contributed by atoms with van der Waals surface area (Å²) < 4.78 is 5.57. The molecule has 1 fully saturated rings. The van der Waals surface area contributed by atoms with Gasteiger partial charge in [-0.25, -0.2) is 9.97 Å². The van der Waals surface area contributed by atoms with Crippen LogP contribution >= 0.6 is 0 Å². The highest BCUT2D eigenvalue weighted by molar-refractivity contribution is 5.92. The summed E-state index contributed by atoms with van der Waals surface area (Å²) in [6, 6.07) is 13.9. The molecule has 0 bridgehead atoms. The Bertz CT molecular complexity index is 1150. The van der Waals surface area contributed by atoms with Crippen LogP contribution in [0.5, 0.6) is 5.75 Å². The van der Waals surface area contributed by atoms with Crippen molar-refractivity contribution in [2.24, 2.45) is 0 Å². The second-order valence-corrected chi connectivity index (χ2v) is 8.46. The largest absolute Gasteiger partial charge is 0.496 e. The predicted octanol–water partition coefficient (Wildman–Crippen LogP) is 4.75. The minimum Gasteiger partial charge on any atom is -0.496 e. The Morgan fingerprint density at radius 3 is 2.45 bits per heavy atom. The fourth-order valence-electron chi connectivity index (χ4n) is 4.04. The molecule has 3 aromatic rings. The topological polar surface area (TPSA) is 84.5 Å². The molecular weight excluding hydrogens is 412 g/mol. The van der Waals surface area contributed by atoms with Crippen LogP contribution in [0.1, 0.15) is 57.8 Å². The Hall–Kier alpha value is -3.30. The van der Waals surface area contributed by atoms with Gasteiger partial charge in [0, 0.05) is 24.2 Å². The molecular formula is C27H34N4O2. The van der Waals surface area contributed by atoms with Gasteiger partial charge in [-0.05, 0) is 68.4 Å². The Labute approximate surface area is 196 Å². The number of hydrogen-bond donors (Lipinski definition) is 2. The van der Waals surface area contributed by atoms with Gasteiger partial charge >= 0.3 is 0 Å². The van der Waals surface area contributed by atoms with Gasteiger partial charge in [-0.3, -0.25) is 0 Å². The molecule has 0 unspecified atom stereocenters. The molecule has 6 nitrogen and oxygen atoms in total. The van der Waals surface area contributed by atoms with Gasteiger partial charge in [-0.1, -0.05) is 38.0 Å². The average Bonchev–Trinajstić information content (AvgIpc) is 2.83. The highest BCUT2D eigenvalue weighted by Crippen LogP contribution is 2.36. The number of ether oxygens (including phenoxy) is 1. The lowest BCUT2D eigenvalue weighted by molar-refractivity contribution is 0.143. The van der Waals surface area contributed by atoms with E-state index in [1.807, 2.05) is 44.2 Å². The van der Waals surface area contributed by atoms with Crippen LogP contribution in [0, 0.1) is 11.8 Å². The van der Waals surface area contributed by atoms with Gasteiger partial charge in [-0.2, -0.15) is 0 Å². The van der Waals surface area contributed by atoms with Crippen LogP contribution in [0.25, 0.3) is 10.9 Å². The Kier molecular flexibility index (Phi) is 7.78. The summed E-state index contributed by atoms with van der Waals surface area (Å²) in [6.45, 7) is 9.01. The first-order valence-electron chi connectivity index (χ1n) is 11.5. The summed E-state index contributed by atoms with van der Waals surface area (Å²) >= 11 is 0. The summed E-state index contributed by atoms with van der Waals surface area (Å²) in [5.74, 6) is 8.37. The zero-order chi connectivity index (χ0) is 24.0. The van der Waals surface area contributed by atoms with Crippen LogP contribution in [-0.2, 0) is 0 Å². The molecule has 1 saturated heterocycles. The van der Waals surface area contributed by atoms with E-state index in [0.717, 1.165) is 48.4 Å². The minimum atomic E-state index is -1.10. The summed E-state index contributed by atoms with van der Waals surface area (Å²) in [6.07, 6.45) is 2.00. The number of benzene rings is 2. The first kappa shape index (κ1) is 24.3. The first-order chi connectivity index (χ1) is 15.8. The number of nitrogens with zero attached hydrogens (tertiary/aromatic N) is 3. The number of para-hydroxylation sites is 1. The first-order valence-corrected chi connectivity index (χ1v) is 11.5. The number of anilines is 2. The fourth-order valence-corrected chi connectivity index (χ4v) is 4.04. The molecule has 4 rings (SSSR count). The lowest BCUT2D eigenvalue weighted by atomic mass is 9.88. The van der Waals surface area contributed by atoms with E-state index in [9.17, 15) is 5.11 Å². The zero-order valence-corrected chi connectivity index (χ0v) is 20.2. The molecule has 1 aromatic heterocycles. The Morgan fingerprint density at radius 2 is 1.79 bits per heavy atom. The quantitative estimate of drug-likeness (QED) is 0.446. The lowest BCUT2D eigenvalue weighted by Crippen LogP contribution is -2.34. The Morgan fingerprint density at radius 1 is 1.09 bits per heavy atom. The van der Waals surface area contributed by atoms with Crippen molar-refractivity contribution in [3.63, 3.8) is 0 Å². The zero-order valence-electron chi connectivity index (χ0n) is 20.2. The molecule has 0 spiro atoms. The fraction of sp³-hybridized carbons (Fsp3) is 0.407. The van der Waals surface area contributed by atoms with E-state index in [1.54, 1.807) is 21.0 Å². The number of rotatable bonds is 3. The molecule has 33 heavy (non-hydrogen) atoms. The highest BCUT2D eigenvalue weighted by Gasteiger charge is 2.25. The van der Waals surface area contributed by atoms with Crippen LogP contribution in [0.3, 0.4) is 0 Å². The SMILES string of the molecule is CC.COc1ccccc1C1CCN(c2nc(C#CC(C)(C)O)nc3ccc(N)cc23)CC1. The number of aliphatic hydroxyl groups is 1. The van der Waals surface area contributed by atoms with E-state index >= 15 is 0 Å². The van der Waals surface area contributed by atoms with Crippen molar-refractivity contribution >= 4 is 22.4 Å². The molecule has 0 radical (unpaired) electrons. The van der Waals surface area contributed by atoms with Gasteiger partial charge in [0.15, 0.2) is 0 Å². The molecule has 174 valence electrons. The van der Waals surface area contributed by atoms with Crippen LogP contribution in [0.15, 0.2) is 42.5 Å². The number of nitrogens with two attached hydrogens (primary N) is 1. The summed E-state index contributed by atoms with van der Waals surface area (Å²) in [4.78, 5) is 11.6. The van der Waals surface area contributed by atoms with Crippen molar-refractivity contribution in [1.29, 1.82) is 0 Å². The van der Waals surface area contributed by atoms with Crippen molar-refractivity contribution < 1.29 is 9.84 Å². The van der Waals surface area contributed by atoms with Gasteiger partial charge in [0.1, 0.15) is 17.2 Å². The van der Waals surface area contributed by atoms with Gasteiger partial charge in [0.05, 0.1) is 12.6 Å². The van der Waals surface area contributed by atoms with E-state index in [0.29, 0.717) is 17.4 Å². The van der Waals surface area contributed by atoms with E-state index in [2.05, 4.69) is 33.9 Å². The molecule has 2 aromatic carbocycles. The molecule has 2 heterocycles. The maximum absolute atomic E-state index is 9.96. The Balaban J connectivity index is 0.00000149. The smallest absolute Gasteiger partial charge is 0.207 e. The third-order valence-corrected chi connectivity index (χ3v) is 5.55. The lowest BCUT2D eigenvalue weighted by Gasteiger charge is -2.34. The van der Waals surface area contributed by atoms with Gasteiger partial charge < -0.3 is 20.5 Å². The van der Waals surface area contributed by atoms with Crippen LogP contribution in [0.4, 0.5) is 11.5 Å². The van der Waals surface area contributed by atoms with Crippen molar-refractivity contribution in [2.45, 2.75) is 52.1 Å². The van der Waals surface area contributed by atoms with E-state index in [-0.39, 0.29) is 0 Å². The molecule has 1 aliphatic heterocycles. The summed E-state index contributed by atoms with van der Waals surface area (Å²) in [5.41, 5.74) is 7.69. The third kappa shape index (κ3) is 5.94. The molecule has 3 N–H and O–H groups in total. The molecule has 0 atom stereocenters.